The molecule has 0 amide bonds. The summed E-state index contributed by atoms with van der Waals surface area (Å²) in [5.74, 6) is 0.782. The molecule has 138 valence electrons. The van der Waals surface area contributed by atoms with Gasteiger partial charge in [0.05, 0.1) is 6.54 Å². The second kappa shape index (κ2) is 11.3. The third-order valence-corrected chi connectivity index (χ3v) is 4.86. The van der Waals surface area contributed by atoms with Gasteiger partial charge >= 0.3 is 0 Å². The van der Waals surface area contributed by atoms with Gasteiger partial charge in [-0.3, -0.25) is 0 Å². The normalized spacial score (nSPS) is 18.0. The van der Waals surface area contributed by atoms with E-state index in [9.17, 15) is 5.11 Å². The lowest BCUT2D eigenvalue weighted by atomic mass is 10.00. The van der Waals surface area contributed by atoms with Crippen LogP contribution in [0.4, 0.5) is 0 Å². The molecule has 7 heteroatoms. The summed E-state index contributed by atoms with van der Waals surface area (Å²) in [5, 5.41) is 21.1. The van der Waals surface area contributed by atoms with E-state index in [2.05, 4.69) is 27.4 Å². The van der Waals surface area contributed by atoms with E-state index in [0.717, 1.165) is 37.6 Å². The van der Waals surface area contributed by atoms with E-state index < -0.39 is 5.60 Å². The van der Waals surface area contributed by atoms with Gasteiger partial charge in [0, 0.05) is 13.1 Å². The Hall–Kier alpha value is -0.380. The Bertz CT molecular complexity index is 473. The molecule has 1 saturated heterocycles. The third-order valence-electron chi connectivity index (χ3n) is 4.17. The fourth-order valence-electron chi connectivity index (χ4n) is 2.75. The van der Waals surface area contributed by atoms with Crippen molar-refractivity contribution in [2.24, 2.45) is 4.99 Å². The maximum absolute atomic E-state index is 10.5. The minimum Gasteiger partial charge on any atom is -0.383 e. The number of aliphatic hydroxyl groups is 1. The van der Waals surface area contributed by atoms with Crippen molar-refractivity contribution < 1.29 is 5.11 Å². The lowest BCUT2D eigenvalue weighted by Crippen LogP contribution is -2.40. The van der Waals surface area contributed by atoms with Crippen LogP contribution >= 0.6 is 35.3 Å². The largest absolute Gasteiger partial charge is 0.383 e. The Kier molecular flexibility index (Phi) is 10.2. The number of thiophene rings is 1. The first kappa shape index (κ1) is 21.7. The summed E-state index contributed by atoms with van der Waals surface area (Å²) in [6.45, 7) is 9.59. The number of rotatable bonds is 8. The second-order valence-corrected chi connectivity index (χ2v) is 7.09. The topological polar surface area (TPSA) is 59.9 Å². The quantitative estimate of drug-likeness (QED) is 0.239. The Morgan fingerprint density at radius 2 is 2.12 bits per heavy atom. The zero-order chi connectivity index (χ0) is 16.5. The highest BCUT2D eigenvalue weighted by Crippen LogP contribution is 2.23. The van der Waals surface area contributed by atoms with Gasteiger partial charge in [0.2, 0.25) is 0 Å². The van der Waals surface area contributed by atoms with Crippen LogP contribution in [-0.4, -0.2) is 55.2 Å². The smallest absolute Gasteiger partial charge is 0.191 e. The van der Waals surface area contributed by atoms with Gasteiger partial charge in [0.15, 0.2) is 5.96 Å². The summed E-state index contributed by atoms with van der Waals surface area (Å²) in [6.07, 6.45) is 3.80. The molecule has 24 heavy (non-hydrogen) atoms. The van der Waals surface area contributed by atoms with Crippen molar-refractivity contribution in [3.8, 4) is 0 Å². The van der Waals surface area contributed by atoms with Gasteiger partial charge in [-0.25, -0.2) is 4.99 Å². The average Bonchev–Trinajstić information content (AvgIpc) is 3.22. The van der Waals surface area contributed by atoms with Gasteiger partial charge in [-0.05, 0) is 75.1 Å². The molecule has 0 aromatic carbocycles. The highest BCUT2D eigenvalue weighted by molar-refractivity contribution is 14.0. The van der Waals surface area contributed by atoms with Crippen LogP contribution in [-0.2, 0) is 5.60 Å². The van der Waals surface area contributed by atoms with Crippen molar-refractivity contribution in [3.05, 3.63) is 22.4 Å². The van der Waals surface area contributed by atoms with Gasteiger partial charge in [-0.1, -0.05) is 0 Å². The molecule has 5 nitrogen and oxygen atoms in total. The molecule has 0 spiro atoms. The molecule has 2 rings (SSSR count). The van der Waals surface area contributed by atoms with E-state index in [1.807, 2.05) is 23.8 Å². The Morgan fingerprint density at radius 3 is 2.75 bits per heavy atom. The standard InChI is InChI=1S/C17H30N4OS.HI/c1-3-18-16(19-8-6-11-21-9-4-5-10-21)20-14-17(2,22)15-7-12-23-13-15;/h7,12-13,22H,3-6,8-11,14H2,1-2H3,(H2,18,19,20);1H. The molecular weight excluding hydrogens is 435 g/mol. The highest BCUT2D eigenvalue weighted by Gasteiger charge is 2.23. The monoisotopic (exact) mass is 466 g/mol. The molecule has 0 radical (unpaired) electrons. The molecule has 1 aromatic heterocycles. The molecule has 2 heterocycles. The molecule has 0 bridgehead atoms. The van der Waals surface area contributed by atoms with E-state index in [-0.39, 0.29) is 24.0 Å². The van der Waals surface area contributed by atoms with Crippen molar-refractivity contribution in [1.29, 1.82) is 0 Å². The van der Waals surface area contributed by atoms with Crippen LogP contribution in [0.5, 0.6) is 0 Å². The molecule has 0 aliphatic carbocycles. The first-order chi connectivity index (χ1) is 11.1. The fourth-order valence-corrected chi connectivity index (χ4v) is 3.54. The maximum Gasteiger partial charge on any atom is 0.191 e. The Labute approximate surface area is 167 Å². The SMILES string of the molecule is CCNC(=NCC(C)(O)c1ccsc1)NCCCN1CCCC1.I. The molecule has 1 unspecified atom stereocenters. The lowest BCUT2D eigenvalue weighted by molar-refractivity contribution is 0.0677. The highest BCUT2D eigenvalue weighted by atomic mass is 127. The number of guanidine groups is 1. The zero-order valence-electron chi connectivity index (χ0n) is 14.8. The lowest BCUT2D eigenvalue weighted by Gasteiger charge is -2.21. The number of halogens is 1. The average molecular weight is 466 g/mol. The number of hydrogen-bond donors (Lipinski definition) is 3. The number of likely N-dealkylation sites (tertiary alicyclic amines) is 1. The van der Waals surface area contributed by atoms with Gasteiger partial charge in [0.1, 0.15) is 5.60 Å². The Morgan fingerprint density at radius 1 is 1.38 bits per heavy atom. The van der Waals surface area contributed by atoms with Gasteiger partial charge in [-0.2, -0.15) is 11.3 Å². The molecule has 3 N–H and O–H groups in total. The third kappa shape index (κ3) is 7.25. The van der Waals surface area contributed by atoms with E-state index in [4.69, 9.17) is 0 Å². The molecule has 1 aliphatic heterocycles. The molecule has 1 aliphatic rings. The molecule has 1 aromatic rings. The minimum atomic E-state index is -0.919. The maximum atomic E-state index is 10.5. The van der Waals surface area contributed by atoms with Gasteiger partial charge in [0.25, 0.3) is 0 Å². The molecule has 1 atom stereocenters. The zero-order valence-corrected chi connectivity index (χ0v) is 17.9. The van der Waals surface area contributed by atoms with Crippen LogP contribution in [0.1, 0.15) is 38.7 Å². The number of nitrogens with one attached hydrogen (secondary N) is 2. The van der Waals surface area contributed by atoms with Crippen molar-refractivity contribution >= 4 is 41.3 Å². The van der Waals surface area contributed by atoms with Crippen LogP contribution < -0.4 is 10.6 Å². The van der Waals surface area contributed by atoms with E-state index in [1.54, 1.807) is 11.3 Å². The fraction of sp³-hybridized carbons (Fsp3) is 0.706. The van der Waals surface area contributed by atoms with E-state index in [0.29, 0.717) is 6.54 Å². The summed E-state index contributed by atoms with van der Waals surface area (Å²) in [4.78, 5) is 7.07. The number of nitrogens with zero attached hydrogens (tertiary/aromatic N) is 2. The van der Waals surface area contributed by atoms with Crippen LogP contribution in [0.15, 0.2) is 21.8 Å². The predicted molar refractivity (Wildman–Crippen MR) is 114 cm³/mol. The first-order valence-corrected chi connectivity index (χ1v) is 9.55. The van der Waals surface area contributed by atoms with Crippen LogP contribution in [0.3, 0.4) is 0 Å². The van der Waals surface area contributed by atoms with Crippen LogP contribution in [0.25, 0.3) is 0 Å². The minimum absolute atomic E-state index is 0. The molecule has 1 fully saturated rings. The van der Waals surface area contributed by atoms with E-state index >= 15 is 0 Å². The summed E-state index contributed by atoms with van der Waals surface area (Å²) in [6, 6.07) is 1.95. The second-order valence-electron chi connectivity index (χ2n) is 6.31. The van der Waals surface area contributed by atoms with E-state index in [1.165, 1.54) is 25.9 Å². The predicted octanol–water partition coefficient (Wildman–Crippen LogP) is 2.61. The summed E-state index contributed by atoms with van der Waals surface area (Å²) >= 11 is 1.60. The van der Waals surface area contributed by atoms with Crippen molar-refractivity contribution in [2.45, 2.75) is 38.7 Å². The van der Waals surface area contributed by atoms with Crippen molar-refractivity contribution in [3.63, 3.8) is 0 Å². The Balaban J connectivity index is 0.00000288. The van der Waals surface area contributed by atoms with Crippen molar-refractivity contribution in [1.82, 2.24) is 15.5 Å². The van der Waals surface area contributed by atoms with Crippen molar-refractivity contribution in [2.75, 3.05) is 39.3 Å². The number of aliphatic imine (C=N–C) groups is 1. The summed E-state index contributed by atoms with van der Waals surface area (Å²) in [7, 11) is 0. The number of hydrogen-bond acceptors (Lipinski definition) is 4. The molecule has 0 saturated carbocycles. The van der Waals surface area contributed by atoms with Crippen LogP contribution in [0, 0.1) is 0 Å². The van der Waals surface area contributed by atoms with Crippen LogP contribution in [0.2, 0.25) is 0 Å². The summed E-state index contributed by atoms with van der Waals surface area (Å²) in [5.41, 5.74) is 0.00823. The first-order valence-electron chi connectivity index (χ1n) is 8.61. The molecular formula is C17H31IN4OS. The van der Waals surface area contributed by atoms with Gasteiger partial charge in [-0.15, -0.1) is 24.0 Å². The van der Waals surface area contributed by atoms with Gasteiger partial charge < -0.3 is 20.6 Å². The summed E-state index contributed by atoms with van der Waals surface area (Å²) < 4.78 is 0.